The van der Waals surface area contributed by atoms with Crippen LogP contribution in [0.2, 0.25) is 0 Å². The van der Waals surface area contributed by atoms with Crippen molar-refractivity contribution in [3.05, 3.63) is 42.0 Å². The Morgan fingerprint density at radius 2 is 1.87 bits per heavy atom. The van der Waals surface area contributed by atoms with Gasteiger partial charge in [-0.3, -0.25) is 4.57 Å². The van der Waals surface area contributed by atoms with E-state index in [0.29, 0.717) is 5.82 Å². The largest absolute Gasteiger partial charge is 0.385 e. The number of aromatic nitrogens is 3. The van der Waals surface area contributed by atoms with Crippen molar-refractivity contribution in [1.29, 1.82) is 0 Å². The normalized spacial score (nSPS) is 12.7. The van der Waals surface area contributed by atoms with Crippen LogP contribution < -0.4 is 0 Å². The van der Waals surface area contributed by atoms with Gasteiger partial charge in [0.05, 0.1) is 0 Å². The Balaban J connectivity index is 2.57. The van der Waals surface area contributed by atoms with Gasteiger partial charge >= 0.3 is 0 Å². The molecule has 4 heteroatoms. The van der Waals surface area contributed by atoms with Crippen molar-refractivity contribution in [1.82, 2.24) is 14.8 Å². The first-order valence-electron chi connectivity index (χ1n) is 4.85. The minimum Gasteiger partial charge on any atom is -0.385 e. The molecule has 78 valence electrons. The minimum atomic E-state index is -0.619. The van der Waals surface area contributed by atoms with E-state index < -0.39 is 6.10 Å². The van der Waals surface area contributed by atoms with Crippen molar-refractivity contribution in [2.45, 2.75) is 20.0 Å². The molecule has 1 aromatic carbocycles. The lowest BCUT2D eigenvalue weighted by molar-refractivity contribution is 0.186. The second-order valence-corrected chi connectivity index (χ2v) is 3.45. The van der Waals surface area contributed by atoms with Crippen molar-refractivity contribution in [2.24, 2.45) is 0 Å². The van der Waals surface area contributed by atoms with Gasteiger partial charge in [0.15, 0.2) is 5.82 Å². The second-order valence-electron chi connectivity index (χ2n) is 3.45. The van der Waals surface area contributed by atoms with Crippen LogP contribution in [-0.2, 0) is 0 Å². The molecular formula is C11H13N3O. The summed E-state index contributed by atoms with van der Waals surface area (Å²) >= 11 is 0. The van der Waals surface area contributed by atoms with E-state index in [1.807, 2.05) is 41.8 Å². The Labute approximate surface area is 88.2 Å². The first kappa shape index (κ1) is 9.86. The summed E-state index contributed by atoms with van der Waals surface area (Å²) in [6, 6.07) is 9.76. The van der Waals surface area contributed by atoms with Crippen LogP contribution in [-0.4, -0.2) is 19.9 Å². The highest BCUT2D eigenvalue weighted by Crippen LogP contribution is 2.17. The Hall–Kier alpha value is -1.68. The molecule has 1 aromatic heterocycles. The molecule has 0 amide bonds. The number of rotatable bonds is 2. The van der Waals surface area contributed by atoms with Gasteiger partial charge < -0.3 is 5.11 Å². The van der Waals surface area contributed by atoms with Crippen LogP contribution in [0.4, 0.5) is 0 Å². The third kappa shape index (κ3) is 1.76. The van der Waals surface area contributed by atoms with Gasteiger partial charge in [-0.25, -0.2) is 0 Å². The Morgan fingerprint density at radius 1 is 1.20 bits per heavy atom. The maximum atomic E-state index is 9.56. The molecule has 2 rings (SSSR count). The van der Waals surface area contributed by atoms with Gasteiger partial charge in [0.2, 0.25) is 0 Å². The van der Waals surface area contributed by atoms with E-state index in [1.165, 1.54) is 0 Å². The summed E-state index contributed by atoms with van der Waals surface area (Å²) in [4.78, 5) is 0. The maximum absolute atomic E-state index is 9.56. The van der Waals surface area contributed by atoms with Crippen LogP contribution in [0.3, 0.4) is 0 Å². The van der Waals surface area contributed by atoms with E-state index in [-0.39, 0.29) is 0 Å². The van der Waals surface area contributed by atoms with E-state index in [1.54, 1.807) is 6.92 Å². The standard InChI is InChI=1S/C11H13N3O/c1-8(15)11-13-12-9(2)14(11)10-6-4-3-5-7-10/h3-8,15H,1-2H3. The highest BCUT2D eigenvalue weighted by atomic mass is 16.3. The zero-order chi connectivity index (χ0) is 10.8. The maximum Gasteiger partial charge on any atom is 0.166 e. The number of aryl methyl sites for hydroxylation is 1. The molecule has 2 aromatic rings. The molecule has 1 N–H and O–H groups in total. The smallest absolute Gasteiger partial charge is 0.166 e. The van der Waals surface area contributed by atoms with Crippen molar-refractivity contribution >= 4 is 0 Å². The van der Waals surface area contributed by atoms with Crippen LogP contribution in [0.25, 0.3) is 5.69 Å². The minimum absolute atomic E-state index is 0.568. The van der Waals surface area contributed by atoms with Crippen molar-refractivity contribution in [2.75, 3.05) is 0 Å². The third-order valence-electron chi connectivity index (χ3n) is 2.24. The molecule has 1 atom stereocenters. The molecule has 0 bridgehead atoms. The topological polar surface area (TPSA) is 50.9 Å². The lowest BCUT2D eigenvalue weighted by Gasteiger charge is -2.09. The van der Waals surface area contributed by atoms with Gasteiger partial charge in [-0.05, 0) is 26.0 Å². The summed E-state index contributed by atoms with van der Waals surface area (Å²) in [6.45, 7) is 3.55. The molecule has 1 unspecified atom stereocenters. The number of para-hydroxylation sites is 1. The van der Waals surface area contributed by atoms with E-state index in [9.17, 15) is 5.11 Å². The van der Waals surface area contributed by atoms with E-state index in [4.69, 9.17) is 0 Å². The fraction of sp³-hybridized carbons (Fsp3) is 0.273. The average molecular weight is 203 g/mol. The van der Waals surface area contributed by atoms with E-state index in [0.717, 1.165) is 11.5 Å². The molecule has 0 radical (unpaired) electrons. The molecule has 0 saturated heterocycles. The monoisotopic (exact) mass is 203 g/mol. The van der Waals surface area contributed by atoms with E-state index >= 15 is 0 Å². The van der Waals surface area contributed by atoms with Crippen LogP contribution >= 0.6 is 0 Å². The Kier molecular flexibility index (Phi) is 2.51. The summed E-state index contributed by atoms with van der Waals surface area (Å²) in [7, 11) is 0. The average Bonchev–Trinajstić information content (AvgIpc) is 2.61. The summed E-state index contributed by atoms with van der Waals surface area (Å²) in [6.07, 6.45) is -0.619. The number of aliphatic hydroxyl groups excluding tert-OH is 1. The number of hydrogen-bond acceptors (Lipinski definition) is 3. The van der Waals surface area contributed by atoms with Crippen molar-refractivity contribution in [3.63, 3.8) is 0 Å². The Bertz CT molecular complexity index is 448. The lowest BCUT2D eigenvalue weighted by Crippen LogP contribution is -2.05. The van der Waals surface area contributed by atoms with Crippen LogP contribution in [0.15, 0.2) is 30.3 Å². The van der Waals surface area contributed by atoms with Gasteiger partial charge in [0, 0.05) is 5.69 Å². The van der Waals surface area contributed by atoms with E-state index in [2.05, 4.69) is 10.2 Å². The number of aliphatic hydroxyl groups is 1. The molecule has 0 aliphatic heterocycles. The highest BCUT2D eigenvalue weighted by Gasteiger charge is 2.14. The summed E-state index contributed by atoms with van der Waals surface area (Å²) < 4.78 is 1.85. The SMILES string of the molecule is Cc1nnc(C(C)O)n1-c1ccccc1. The predicted molar refractivity (Wildman–Crippen MR) is 56.7 cm³/mol. The summed E-state index contributed by atoms with van der Waals surface area (Å²) in [5, 5.41) is 17.5. The fourth-order valence-corrected chi connectivity index (χ4v) is 1.55. The molecule has 0 aliphatic carbocycles. The van der Waals surface area contributed by atoms with Crippen LogP contribution in [0.5, 0.6) is 0 Å². The van der Waals surface area contributed by atoms with Gasteiger partial charge in [-0.2, -0.15) is 0 Å². The number of benzene rings is 1. The summed E-state index contributed by atoms with van der Waals surface area (Å²) in [5.74, 6) is 1.34. The quantitative estimate of drug-likeness (QED) is 0.807. The summed E-state index contributed by atoms with van der Waals surface area (Å²) in [5.41, 5.74) is 0.968. The zero-order valence-corrected chi connectivity index (χ0v) is 8.75. The lowest BCUT2D eigenvalue weighted by atomic mass is 10.3. The van der Waals surface area contributed by atoms with Gasteiger partial charge in [-0.15, -0.1) is 10.2 Å². The first-order chi connectivity index (χ1) is 7.20. The van der Waals surface area contributed by atoms with Crippen LogP contribution in [0.1, 0.15) is 24.7 Å². The van der Waals surface area contributed by atoms with Gasteiger partial charge in [0.1, 0.15) is 11.9 Å². The Morgan fingerprint density at radius 3 is 2.47 bits per heavy atom. The van der Waals surface area contributed by atoms with Crippen LogP contribution in [0, 0.1) is 6.92 Å². The van der Waals surface area contributed by atoms with Gasteiger partial charge in [0.25, 0.3) is 0 Å². The predicted octanol–water partition coefficient (Wildman–Crippen LogP) is 1.63. The molecular weight excluding hydrogens is 190 g/mol. The first-order valence-corrected chi connectivity index (χ1v) is 4.85. The second kappa shape index (κ2) is 3.82. The van der Waals surface area contributed by atoms with Crippen molar-refractivity contribution < 1.29 is 5.11 Å². The van der Waals surface area contributed by atoms with Crippen molar-refractivity contribution in [3.8, 4) is 5.69 Å². The molecule has 0 fully saturated rings. The number of hydrogen-bond donors (Lipinski definition) is 1. The molecule has 4 nitrogen and oxygen atoms in total. The zero-order valence-electron chi connectivity index (χ0n) is 8.75. The fourth-order valence-electron chi connectivity index (χ4n) is 1.55. The molecule has 0 saturated carbocycles. The number of nitrogens with zero attached hydrogens (tertiary/aromatic N) is 3. The molecule has 15 heavy (non-hydrogen) atoms. The third-order valence-corrected chi connectivity index (χ3v) is 2.24. The van der Waals surface area contributed by atoms with Gasteiger partial charge in [-0.1, -0.05) is 18.2 Å². The highest BCUT2D eigenvalue weighted by molar-refractivity contribution is 5.34. The molecule has 0 spiro atoms. The molecule has 0 aliphatic rings. The molecule has 1 heterocycles.